The fraction of sp³-hybridized carbons (Fsp3) is 0.536. The van der Waals surface area contributed by atoms with Crippen molar-refractivity contribution in [1.82, 2.24) is 10.2 Å². The monoisotopic (exact) mass is 468 g/mol. The Balaban J connectivity index is 1.16. The van der Waals surface area contributed by atoms with Gasteiger partial charge < -0.3 is 10.1 Å². The maximum atomic E-state index is 12.0. The molecule has 33 heavy (non-hydrogen) atoms. The van der Waals surface area contributed by atoms with Crippen molar-refractivity contribution in [1.29, 1.82) is 0 Å². The zero-order valence-corrected chi connectivity index (χ0v) is 20.8. The van der Waals surface area contributed by atoms with Crippen molar-refractivity contribution in [2.24, 2.45) is 0 Å². The average molecular weight is 469 g/mol. The van der Waals surface area contributed by atoms with E-state index in [-0.39, 0.29) is 5.91 Å². The summed E-state index contributed by atoms with van der Waals surface area (Å²) in [6.45, 7) is 4.73. The molecule has 1 N–H and O–H groups in total. The Labute approximate surface area is 204 Å². The first-order valence-corrected chi connectivity index (χ1v) is 13.8. The molecule has 0 unspecified atom stereocenters. The molecule has 0 bridgehead atoms. The molecule has 0 aromatic heterocycles. The van der Waals surface area contributed by atoms with Crippen molar-refractivity contribution < 1.29 is 9.53 Å². The number of rotatable bonds is 15. The molecule has 0 aliphatic carbocycles. The number of piperidine rings is 1. The van der Waals surface area contributed by atoms with E-state index in [1.807, 2.05) is 17.8 Å². The number of carbonyl (C=O) groups is 1. The van der Waals surface area contributed by atoms with Crippen LogP contribution in [0.3, 0.4) is 0 Å². The second kappa shape index (κ2) is 15.8. The van der Waals surface area contributed by atoms with E-state index in [0.717, 1.165) is 43.1 Å². The Kier molecular flexibility index (Phi) is 12.3. The maximum absolute atomic E-state index is 12.0. The number of carbonyl (C=O) groups excluding carboxylic acids is 1. The molecule has 3 rings (SSSR count). The molecule has 0 saturated carbocycles. The fourth-order valence-electron chi connectivity index (χ4n) is 4.15. The Morgan fingerprint density at radius 3 is 2.55 bits per heavy atom. The normalized spacial score (nSPS) is 14.2. The molecule has 0 atom stereocenters. The summed E-state index contributed by atoms with van der Waals surface area (Å²) in [6, 6.07) is 19.1. The second-order valence-electron chi connectivity index (χ2n) is 8.84. The van der Waals surface area contributed by atoms with Crippen molar-refractivity contribution in [2.75, 3.05) is 37.7 Å². The van der Waals surface area contributed by atoms with Crippen LogP contribution in [0, 0.1) is 0 Å². The number of aryl methyl sites for hydroxylation is 1. The summed E-state index contributed by atoms with van der Waals surface area (Å²) in [7, 11) is 0. The number of benzene rings is 2. The zero-order valence-electron chi connectivity index (χ0n) is 20.0. The Hall–Kier alpha value is -1.98. The smallest absolute Gasteiger partial charge is 0.220 e. The molecule has 5 heteroatoms. The zero-order chi connectivity index (χ0) is 23.0. The van der Waals surface area contributed by atoms with Gasteiger partial charge in [-0.1, -0.05) is 48.9 Å². The van der Waals surface area contributed by atoms with Crippen LogP contribution in [0.25, 0.3) is 0 Å². The maximum Gasteiger partial charge on any atom is 0.220 e. The SMILES string of the molecule is O=C(CCCSCCCc1ccccc1)NCCCOc1cccc(CN2CCCCC2)c1. The number of likely N-dealkylation sites (tertiary alicyclic amines) is 1. The number of hydrogen-bond donors (Lipinski definition) is 1. The lowest BCUT2D eigenvalue weighted by molar-refractivity contribution is -0.121. The molecule has 1 fully saturated rings. The van der Waals surface area contributed by atoms with E-state index in [9.17, 15) is 4.79 Å². The van der Waals surface area contributed by atoms with Gasteiger partial charge in [-0.15, -0.1) is 0 Å². The summed E-state index contributed by atoms with van der Waals surface area (Å²) < 4.78 is 5.91. The molecule has 1 heterocycles. The van der Waals surface area contributed by atoms with Gasteiger partial charge in [-0.05, 0) is 86.4 Å². The average Bonchev–Trinajstić information content (AvgIpc) is 2.85. The third-order valence-corrected chi connectivity index (χ3v) is 7.11. The molecule has 2 aromatic carbocycles. The van der Waals surface area contributed by atoms with E-state index in [0.29, 0.717) is 19.6 Å². The quantitative estimate of drug-likeness (QED) is 0.340. The largest absolute Gasteiger partial charge is 0.494 e. The summed E-state index contributed by atoms with van der Waals surface area (Å²) in [4.78, 5) is 14.5. The number of hydrogen-bond acceptors (Lipinski definition) is 4. The minimum Gasteiger partial charge on any atom is -0.494 e. The predicted octanol–water partition coefficient (Wildman–Crippen LogP) is 5.70. The highest BCUT2D eigenvalue weighted by Gasteiger charge is 2.10. The van der Waals surface area contributed by atoms with Crippen LogP contribution in [0.5, 0.6) is 5.75 Å². The molecule has 1 aliphatic heterocycles. The summed E-state index contributed by atoms with van der Waals surface area (Å²) in [5.74, 6) is 3.30. The van der Waals surface area contributed by atoms with E-state index in [1.165, 1.54) is 49.9 Å². The van der Waals surface area contributed by atoms with E-state index in [4.69, 9.17) is 4.74 Å². The molecule has 1 aliphatic rings. The van der Waals surface area contributed by atoms with Gasteiger partial charge in [-0.25, -0.2) is 0 Å². The summed E-state index contributed by atoms with van der Waals surface area (Å²) in [5, 5.41) is 3.02. The first kappa shape index (κ1) is 25.6. The van der Waals surface area contributed by atoms with Gasteiger partial charge in [0.05, 0.1) is 6.61 Å². The van der Waals surface area contributed by atoms with Gasteiger partial charge in [0.2, 0.25) is 5.91 Å². The predicted molar refractivity (Wildman–Crippen MR) is 140 cm³/mol. The van der Waals surface area contributed by atoms with Crippen LogP contribution >= 0.6 is 11.8 Å². The second-order valence-corrected chi connectivity index (χ2v) is 10.1. The Bertz CT molecular complexity index is 793. The van der Waals surface area contributed by atoms with Gasteiger partial charge in [-0.3, -0.25) is 9.69 Å². The van der Waals surface area contributed by atoms with Gasteiger partial charge in [0, 0.05) is 19.5 Å². The number of thioether (sulfide) groups is 1. The van der Waals surface area contributed by atoms with Crippen LogP contribution in [-0.2, 0) is 17.8 Å². The van der Waals surface area contributed by atoms with Crippen molar-refractivity contribution in [3.8, 4) is 5.75 Å². The van der Waals surface area contributed by atoms with Crippen LogP contribution in [0.2, 0.25) is 0 Å². The number of ether oxygens (including phenoxy) is 1. The molecule has 1 amide bonds. The molecule has 180 valence electrons. The molecule has 0 radical (unpaired) electrons. The summed E-state index contributed by atoms with van der Waals surface area (Å²) >= 11 is 1.95. The van der Waals surface area contributed by atoms with Gasteiger partial charge >= 0.3 is 0 Å². The van der Waals surface area contributed by atoms with E-state index < -0.39 is 0 Å². The third kappa shape index (κ3) is 11.1. The fourth-order valence-corrected chi connectivity index (χ4v) is 5.05. The van der Waals surface area contributed by atoms with Crippen LogP contribution < -0.4 is 10.1 Å². The molecule has 0 spiro atoms. The van der Waals surface area contributed by atoms with Crippen molar-refractivity contribution in [3.63, 3.8) is 0 Å². The van der Waals surface area contributed by atoms with Crippen LogP contribution in [0.4, 0.5) is 0 Å². The van der Waals surface area contributed by atoms with Crippen molar-refractivity contribution in [3.05, 3.63) is 65.7 Å². The van der Waals surface area contributed by atoms with Crippen molar-refractivity contribution >= 4 is 17.7 Å². The minimum absolute atomic E-state index is 0.156. The molecular formula is C28H40N2O2S. The van der Waals surface area contributed by atoms with E-state index in [2.05, 4.69) is 58.7 Å². The molecule has 2 aromatic rings. The Morgan fingerprint density at radius 1 is 0.909 bits per heavy atom. The lowest BCUT2D eigenvalue weighted by Crippen LogP contribution is -2.29. The third-order valence-electron chi connectivity index (χ3n) is 5.95. The number of nitrogens with one attached hydrogen (secondary N) is 1. The minimum atomic E-state index is 0.156. The molecule has 4 nitrogen and oxygen atoms in total. The van der Waals surface area contributed by atoms with Crippen LogP contribution in [-0.4, -0.2) is 48.6 Å². The lowest BCUT2D eigenvalue weighted by atomic mass is 10.1. The highest BCUT2D eigenvalue weighted by atomic mass is 32.2. The number of nitrogens with zero attached hydrogens (tertiary/aromatic N) is 1. The van der Waals surface area contributed by atoms with Crippen LogP contribution in [0.1, 0.15) is 56.1 Å². The summed E-state index contributed by atoms with van der Waals surface area (Å²) in [6.07, 6.45) is 8.72. The van der Waals surface area contributed by atoms with E-state index >= 15 is 0 Å². The van der Waals surface area contributed by atoms with E-state index in [1.54, 1.807) is 0 Å². The highest BCUT2D eigenvalue weighted by Crippen LogP contribution is 2.17. The topological polar surface area (TPSA) is 41.6 Å². The first-order valence-electron chi connectivity index (χ1n) is 12.6. The summed E-state index contributed by atoms with van der Waals surface area (Å²) in [5.41, 5.74) is 2.73. The van der Waals surface area contributed by atoms with Gasteiger partial charge in [0.15, 0.2) is 0 Å². The Morgan fingerprint density at radius 2 is 1.70 bits per heavy atom. The van der Waals surface area contributed by atoms with Gasteiger partial charge in [0.1, 0.15) is 5.75 Å². The highest BCUT2D eigenvalue weighted by molar-refractivity contribution is 7.99. The number of amides is 1. The standard InChI is InChI=1S/C28H40N2O2S/c31-28(16-9-22-33-21-8-14-25-11-3-1-4-12-25)29-17-10-20-32-27-15-7-13-26(23-27)24-30-18-5-2-6-19-30/h1,3-4,7,11-13,15,23H,2,5-6,8-10,14,16-22,24H2,(H,29,31). The van der Waals surface area contributed by atoms with Crippen molar-refractivity contribution in [2.45, 2.75) is 57.9 Å². The van der Waals surface area contributed by atoms with Crippen LogP contribution in [0.15, 0.2) is 54.6 Å². The lowest BCUT2D eigenvalue weighted by Gasteiger charge is -2.26. The first-order chi connectivity index (χ1) is 16.3. The van der Waals surface area contributed by atoms with Gasteiger partial charge in [0.25, 0.3) is 0 Å². The molecular weight excluding hydrogens is 428 g/mol. The molecule has 1 saturated heterocycles. The van der Waals surface area contributed by atoms with Gasteiger partial charge in [-0.2, -0.15) is 11.8 Å².